The molecule has 1 aromatic carbocycles. The van der Waals surface area contributed by atoms with Crippen molar-refractivity contribution in [2.24, 2.45) is 17.1 Å². The summed E-state index contributed by atoms with van der Waals surface area (Å²) < 4.78 is 28.4. The molecule has 0 radical (unpaired) electrons. The van der Waals surface area contributed by atoms with E-state index in [1.165, 1.54) is 12.1 Å². The molecule has 0 aliphatic heterocycles. The Hall–Kier alpha value is -0.960. The first-order valence-corrected chi connectivity index (χ1v) is 7.39. The van der Waals surface area contributed by atoms with Gasteiger partial charge in [0.25, 0.3) is 0 Å². The van der Waals surface area contributed by atoms with E-state index >= 15 is 0 Å². The highest BCUT2D eigenvalue weighted by Crippen LogP contribution is 2.45. The van der Waals surface area contributed by atoms with Crippen molar-refractivity contribution < 1.29 is 8.78 Å². The number of benzene rings is 1. The average molecular weight is 281 g/mol. The largest absolute Gasteiger partial charge is 0.321 e. The fourth-order valence-electron chi connectivity index (χ4n) is 3.36. The standard InChI is InChI=1S/C17H25F2N/c1-11-5-6-13(18)14(15(11)19)17(20)9-7-12(8-10-17)16(2,3)4/h5-6,12H,7-10,20H2,1-4H3. The lowest BCUT2D eigenvalue weighted by atomic mass is 9.65. The molecule has 112 valence electrons. The van der Waals surface area contributed by atoms with Crippen LogP contribution in [-0.2, 0) is 5.54 Å². The number of aryl methyl sites for hydroxylation is 1. The van der Waals surface area contributed by atoms with Gasteiger partial charge in [0, 0.05) is 11.1 Å². The highest BCUT2D eigenvalue weighted by Gasteiger charge is 2.40. The van der Waals surface area contributed by atoms with Gasteiger partial charge in [-0.15, -0.1) is 0 Å². The van der Waals surface area contributed by atoms with Gasteiger partial charge in [-0.1, -0.05) is 26.8 Å². The van der Waals surface area contributed by atoms with E-state index in [0.29, 0.717) is 24.3 Å². The molecule has 0 spiro atoms. The molecule has 2 N–H and O–H groups in total. The van der Waals surface area contributed by atoms with Gasteiger partial charge in [0.2, 0.25) is 0 Å². The Balaban J connectivity index is 2.29. The molecular formula is C17H25F2N. The number of halogens is 2. The highest BCUT2D eigenvalue weighted by atomic mass is 19.1. The van der Waals surface area contributed by atoms with Gasteiger partial charge < -0.3 is 5.73 Å². The van der Waals surface area contributed by atoms with E-state index in [4.69, 9.17) is 5.73 Å². The molecule has 1 nitrogen and oxygen atoms in total. The van der Waals surface area contributed by atoms with Crippen molar-refractivity contribution in [3.8, 4) is 0 Å². The van der Waals surface area contributed by atoms with Crippen LogP contribution in [0.2, 0.25) is 0 Å². The lowest BCUT2D eigenvalue weighted by molar-refractivity contribution is 0.130. The Morgan fingerprint density at radius 3 is 2.20 bits per heavy atom. The van der Waals surface area contributed by atoms with Crippen LogP contribution in [0.15, 0.2) is 12.1 Å². The van der Waals surface area contributed by atoms with Crippen molar-refractivity contribution in [1.29, 1.82) is 0 Å². The molecule has 1 fully saturated rings. The SMILES string of the molecule is Cc1ccc(F)c(C2(N)CCC(C(C)(C)C)CC2)c1F. The summed E-state index contributed by atoms with van der Waals surface area (Å²) in [7, 11) is 0. The molecule has 1 saturated carbocycles. The zero-order valence-electron chi connectivity index (χ0n) is 12.9. The molecular weight excluding hydrogens is 256 g/mol. The van der Waals surface area contributed by atoms with Gasteiger partial charge in [0.1, 0.15) is 11.6 Å². The van der Waals surface area contributed by atoms with Gasteiger partial charge in [0.15, 0.2) is 0 Å². The van der Waals surface area contributed by atoms with E-state index in [2.05, 4.69) is 20.8 Å². The van der Waals surface area contributed by atoms with Crippen LogP contribution in [0.5, 0.6) is 0 Å². The van der Waals surface area contributed by atoms with Crippen molar-refractivity contribution in [2.75, 3.05) is 0 Å². The first-order valence-electron chi connectivity index (χ1n) is 7.39. The van der Waals surface area contributed by atoms with Crippen LogP contribution in [0, 0.1) is 29.9 Å². The van der Waals surface area contributed by atoms with Crippen LogP contribution < -0.4 is 5.73 Å². The van der Waals surface area contributed by atoms with Crippen molar-refractivity contribution in [3.63, 3.8) is 0 Å². The molecule has 1 aliphatic carbocycles. The third-order valence-electron chi connectivity index (χ3n) is 4.88. The summed E-state index contributed by atoms with van der Waals surface area (Å²) >= 11 is 0. The van der Waals surface area contributed by atoms with E-state index in [-0.39, 0.29) is 11.0 Å². The minimum absolute atomic E-state index is 0.0878. The second-order valence-electron chi connectivity index (χ2n) is 7.35. The van der Waals surface area contributed by atoms with Crippen molar-refractivity contribution >= 4 is 0 Å². The van der Waals surface area contributed by atoms with Crippen LogP contribution in [-0.4, -0.2) is 0 Å². The predicted molar refractivity (Wildman–Crippen MR) is 78.4 cm³/mol. The Morgan fingerprint density at radius 2 is 1.70 bits per heavy atom. The van der Waals surface area contributed by atoms with Crippen molar-refractivity contribution in [3.05, 3.63) is 34.9 Å². The van der Waals surface area contributed by atoms with Gasteiger partial charge in [-0.05, 0) is 55.6 Å². The predicted octanol–water partition coefficient (Wildman–Crippen LogP) is 4.66. The van der Waals surface area contributed by atoms with Crippen LogP contribution in [0.4, 0.5) is 8.78 Å². The summed E-state index contributed by atoms with van der Waals surface area (Å²) in [6, 6.07) is 2.80. The van der Waals surface area contributed by atoms with Gasteiger partial charge in [0.05, 0.1) is 0 Å². The fraction of sp³-hybridized carbons (Fsp3) is 0.647. The molecule has 0 heterocycles. The number of rotatable bonds is 1. The monoisotopic (exact) mass is 281 g/mol. The average Bonchev–Trinajstić information content (AvgIpc) is 2.33. The maximum atomic E-state index is 14.3. The van der Waals surface area contributed by atoms with Gasteiger partial charge >= 0.3 is 0 Å². The lowest BCUT2D eigenvalue weighted by Crippen LogP contribution is -2.44. The molecule has 3 heteroatoms. The summed E-state index contributed by atoms with van der Waals surface area (Å²) in [5.74, 6) is -0.415. The van der Waals surface area contributed by atoms with Crippen LogP contribution in [0.3, 0.4) is 0 Å². The van der Waals surface area contributed by atoms with E-state index in [0.717, 1.165) is 12.8 Å². The number of hydrogen-bond acceptors (Lipinski definition) is 1. The molecule has 0 atom stereocenters. The van der Waals surface area contributed by atoms with Gasteiger partial charge in [-0.3, -0.25) is 0 Å². The third-order valence-corrected chi connectivity index (χ3v) is 4.88. The van der Waals surface area contributed by atoms with Gasteiger partial charge in [-0.2, -0.15) is 0 Å². The molecule has 0 unspecified atom stereocenters. The summed E-state index contributed by atoms with van der Waals surface area (Å²) in [6.07, 6.45) is 3.14. The molecule has 0 bridgehead atoms. The Morgan fingerprint density at radius 1 is 1.15 bits per heavy atom. The minimum Gasteiger partial charge on any atom is -0.321 e. The molecule has 20 heavy (non-hydrogen) atoms. The summed E-state index contributed by atoms with van der Waals surface area (Å²) in [5, 5.41) is 0. The van der Waals surface area contributed by atoms with Crippen molar-refractivity contribution in [1.82, 2.24) is 0 Å². The second-order valence-corrected chi connectivity index (χ2v) is 7.35. The lowest BCUT2D eigenvalue weighted by Gasteiger charge is -2.42. The Kier molecular flexibility index (Phi) is 3.94. The maximum absolute atomic E-state index is 14.3. The zero-order valence-corrected chi connectivity index (χ0v) is 12.9. The summed E-state index contributed by atoms with van der Waals surface area (Å²) in [5.41, 5.74) is 6.29. The smallest absolute Gasteiger partial charge is 0.134 e. The molecule has 1 aromatic rings. The minimum atomic E-state index is -0.859. The first kappa shape index (κ1) is 15.4. The van der Waals surface area contributed by atoms with E-state index < -0.39 is 17.2 Å². The Labute approximate surface area is 120 Å². The molecule has 1 aliphatic rings. The molecule has 0 saturated heterocycles. The third kappa shape index (κ3) is 2.73. The molecule has 0 aromatic heterocycles. The van der Waals surface area contributed by atoms with Crippen LogP contribution >= 0.6 is 0 Å². The van der Waals surface area contributed by atoms with Gasteiger partial charge in [-0.25, -0.2) is 8.78 Å². The van der Waals surface area contributed by atoms with E-state index in [1.807, 2.05) is 0 Å². The topological polar surface area (TPSA) is 26.0 Å². The number of hydrogen-bond donors (Lipinski definition) is 1. The van der Waals surface area contributed by atoms with Crippen LogP contribution in [0.1, 0.15) is 57.6 Å². The zero-order chi connectivity index (χ0) is 15.1. The normalized spacial score (nSPS) is 27.6. The van der Waals surface area contributed by atoms with Crippen molar-refractivity contribution in [2.45, 2.75) is 58.9 Å². The first-order chi connectivity index (χ1) is 9.15. The molecule has 0 amide bonds. The highest BCUT2D eigenvalue weighted by molar-refractivity contribution is 5.33. The summed E-state index contributed by atoms with van der Waals surface area (Å²) in [4.78, 5) is 0. The van der Waals surface area contributed by atoms with E-state index in [9.17, 15) is 8.78 Å². The quantitative estimate of drug-likeness (QED) is 0.795. The number of nitrogens with two attached hydrogens (primary N) is 1. The fourth-order valence-corrected chi connectivity index (χ4v) is 3.36. The maximum Gasteiger partial charge on any atom is 0.134 e. The molecule has 2 rings (SSSR count). The van der Waals surface area contributed by atoms with Crippen LogP contribution in [0.25, 0.3) is 0 Å². The van der Waals surface area contributed by atoms with E-state index in [1.54, 1.807) is 6.92 Å². The Bertz CT molecular complexity index is 494. The second kappa shape index (κ2) is 5.10. The summed E-state index contributed by atoms with van der Waals surface area (Å²) in [6.45, 7) is 8.31.